The lowest BCUT2D eigenvalue weighted by molar-refractivity contribution is -0.285. The van der Waals surface area contributed by atoms with E-state index in [1.54, 1.807) is 42.5 Å². The third-order valence-electron chi connectivity index (χ3n) is 5.63. The molecule has 0 aliphatic carbocycles. The van der Waals surface area contributed by atoms with Gasteiger partial charge in [-0.1, -0.05) is 72.8 Å². The fourth-order valence-electron chi connectivity index (χ4n) is 3.91. The number of hydrogen-bond donors (Lipinski definition) is 3. The van der Waals surface area contributed by atoms with E-state index in [1.807, 2.05) is 35.6 Å². The lowest BCUT2D eigenvalue weighted by Gasteiger charge is -2.46. The number of ether oxygens (including phenoxy) is 1. The Labute approximate surface area is 199 Å². The molecule has 176 valence electrons. The molecule has 1 aliphatic heterocycles. The number of nitrogens with one attached hydrogen (secondary N) is 2. The van der Waals surface area contributed by atoms with Gasteiger partial charge >= 0.3 is 6.18 Å². The average Bonchev–Trinajstić information content (AvgIpc) is 2.83. The van der Waals surface area contributed by atoms with E-state index in [2.05, 4.69) is 5.32 Å². The summed E-state index contributed by atoms with van der Waals surface area (Å²) in [5.41, 5.74) is -2.22. The number of alkyl halides is 3. The van der Waals surface area contributed by atoms with Crippen molar-refractivity contribution in [3.8, 4) is 5.75 Å². The minimum Gasteiger partial charge on any atom is -0.489 e. The summed E-state index contributed by atoms with van der Waals surface area (Å²) in [6.45, 7) is 0.318. The molecule has 0 bridgehead atoms. The van der Waals surface area contributed by atoms with Gasteiger partial charge in [-0.15, -0.1) is 0 Å². The summed E-state index contributed by atoms with van der Waals surface area (Å²) < 4.78 is 47.9. The Morgan fingerprint density at radius 1 is 0.971 bits per heavy atom. The lowest BCUT2D eigenvalue weighted by Crippen LogP contribution is -2.72. The van der Waals surface area contributed by atoms with Gasteiger partial charge in [-0.05, 0) is 35.5 Å². The Kier molecular flexibility index (Phi) is 6.58. The van der Waals surface area contributed by atoms with Crippen LogP contribution in [0.5, 0.6) is 5.75 Å². The molecule has 3 N–H and O–H groups in total. The molecule has 0 radical (unpaired) electrons. The van der Waals surface area contributed by atoms with Gasteiger partial charge in [0.1, 0.15) is 18.3 Å². The van der Waals surface area contributed by atoms with Crippen LogP contribution in [0.25, 0.3) is 0 Å². The fourth-order valence-corrected chi connectivity index (χ4v) is 4.19. The molecule has 3 aromatic carbocycles. The first kappa shape index (κ1) is 23.7. The van der Waals surface area contributed by atoms with E-state index >= 15 is 0 Å². The van der Waals surface area contributed by atoms with Crippen LogP contribution in [0.15, 0.2) is 84.9 Å². The van der Waals surface area contributed by atoms with E-state index in [1.165, 1.54) is 12.1 Å². The number of rotatable bonds is 6. The summed E-state index contributed by atoms with van der Waals surface area (Å²) in [6, 6.07) is 22.1. The zero-order chi connectivity index (χ0) is 24.3. The van der Waals surface area contributed by atoms with Crippen molar-refractivity contribution in [2.24, 2.45) is 5.92 Å². The predicted octanol–water partition coefficient (Wildman–Crippen LogP) is 4.53. The van der Waals surface area contributed by atoms with Crippen molar-refractivity contribution < 1.29 is 27.8 Å². The summed E-state index contributed by atoms with van der Waals surface area (Å²) in [5.74, 6) is -2.32. The molecule has 0 unspecified atom stereocenters. The first-order valence-corrected chi connectivity index (χ1v) is 10.8. The van der Waals surface area contributed by atoms with Crippen LogP contribution in [0.3, 0.4) is 0 Å². The normalized spacial score (nSPS) is 22.4. The molecule has 4 rings (SSSR count). The van der Waals surface area contributed by atoms with Gasteiger partial charge in [0.15, 0.2) is 10.9 Å². The van der Waals surface area contributed by atoms with E-state index in [0.29, 0.717) is 17.9 Å². The van der Waals surface area contributed by atoms with Gasteiger partial charge in [-0.2, -0.15) is 13.2 Å². The largest absolute Gasteiger partial charge is 0.489 e. The van der Waals surface area contributed by atoms with Gasteiger partial charge in [0, 0.05) is 5.56 Å². The van der Waals surface area contributed by atoms with Crippen LogP contribution in [0.1, 0.15) is 27.5 Å². The number of carbonyl (C=O) groups excluding carboxylic acids is 1. The van der Waals surface area contributed by atoms with Gasteiger partial charge in [0.25, 0.3) is 0 Å². The van der Waals surface area contributed by atoms with Gasteiger partial charge in [0.2, 0.25) is 5.72 Å². The smallest absolute Gasteiger partial charge is 0.437 e. The third kappa shape index (κ3) is 4.76. The molecule has 5 nitrogen and oxygen atoms in total. The van der Waals surface area contributed by atoms with E-state index in [4.69, 9.17) is 17.0 Å². The molecule has 1 aliphatic rings. The lowest BCUT2D eigenvalue weighted by atomic mass is 9.77. The molecule has 1 heterocycles. The molecular weight excluding hydrogens is 465 g/mol. The molecule has 0 amide bonds. The fraction of sp³-hybridized carbons (Fsp3) is 0.200. The number of ketones is 1. The minimum atomic E-state index is -5.18. The van der Waals surface area contributed by atoms with Gasteiger partial charge in [-0.25, -0.2) is 0 Å². The van der Waals surface area contributed by atoms with Crippen molar-refractivity contribution >= 4 is 23.1 Å². The Balaban J connectivity index is 1.66. The number of Topliss-reactive ketones (excluding diaryl/α,β-unsaturated/α-hetero) is 1. The molecular formula is C25H21F3N2O3S. The monoisotopic (exact) mass is 486 g/mol. The topological polar surface area (TPSA) is 70.6 Å². The van der Waals surface area contributed by atoms with Crippen LogP contribution in [-0.4, -0.2) is 27.9 Å². The highest BCUT2D eigenvalue weighted by molar-refractivity contribution is 7.80. The van der Waals surface area contributed by atoms with Crippen LogP contribution in [-0.2, 0) is 6.61 Å². The molecule has 9 heteroatoms. The molecule has 1 saturated heterocycles. The average molecular weight is 487 g/mol. The van der Waals surface area contributed by atoms with E-state index in [9.17, 15) is 23.1 Å². The summed E-state index contributed by atoms with van der Waals surface area (Å²) in [6.07, 6.45) is -5.18. The van der Waals surface area contributed by atoms with Crippen molar-refractivity contribution in [3.63, 3.8) is 0 Å². The number of thiocarbonyl (C=S) groups is 1. The maximum Gasteiger partial charge on any atom is 0.437 e. The summed E-state index contributed by atoms with van der Waals surface area (Å²) in [4.78, 5) is 13.3. The second-order valence-electron chi connectivity index (χ2n) is 7.89. The van der Waals surface area contributed by atoms with E-state index in [0.717, 1.165) is 5.56 Å². The highest BCUT2D eigenvalue weighted by Crippen LogP contribution is 2.44. The second-order valence-corrected chi connectivity index (χ2v) is 8.30. The molecule has 34 heavy (non-hydrogen) atoms. The zero-order valence-corrected chi connectivity index (χ0v) is 18.6. The third-order valence-corrected chi connectivity index (χ3v) is 5.85. The highest BCUT2D eigenvalue weighted by Gasteiger charge is 2.65. The maximum absolute atomic E-state index is 14.1. The van der Waals surface area contributed by atoms with Crippen LogP contribution in [0.4, 0.5) is 13.2 Å². The molecule has 3 atom stereocenters. The maximum atomic E-state index is 14.1. The Bertz CT molecular complexity index is 1160. The van der Waals surface area contributed by atoms with Crippen LogP contribution in [0, 0.1) is 5.92 Å². The molecule has 0 aromatic heterocycles. The standard InChI is InChI=1S/C25H21F3N2O3S/c26-25(27,28)24(32)20(22(31)18-9-5-2-6-10-18)21(29-23(34)30-24)17-11-13-19(14-12-17)33-15-16-7-3-1-4-8-16/h1-14,20-21,32H,15H2,(H2,29,30,34)/t20-,21-,24-/m0/s1. The van der Waals surface area contributed by atoms with Gasteiger partial charge < -0.3 is 20.5 Å². The van der Waals surface area contributed by atoms with Gasteiger partial charge in [0.05, 0.1) is 6.04 Å². The van der Waals surface area contributed by atoms with E-state index < -0.39 is 34.8 Å². The van der Waals surface area contributed by atoms with Crippen LogP contribution in [0.2, 0.25) is 0 Å². The predicted molar refractivity (Wildman–Crippen MR) is 124 cm³/mol. The Morgan fingerprint density at radius 3 is 2.15 bits per heavy atom. The molecule has 0 saturated carbocycles. The zero-order valence-electron chi connectivity index (χ0n) is 17.8. The second kappa shape index (κ2) is 9.44. The summed E-state index contributed by atoms with van der Waals surface area (Å²) in [5, 5.41) is 15.0. The van der Waals surface area contributed by atoms with E-state index in [-0.39, 0.29) is 5.56 Å². The molecule has 3 aromatic rings. The van der Waals surface area contributed by atoms with Crippen LogP contribution >= 0.6 is 12.2 Å². The quantitative estimate of drug-likeness (QED) is 0.351. The van der Waals surface area contributed by atoms with Crippen LogP contribution < -0.4 is 15.4 Å². The molecule has 1 fully saturated rings. The summed E-state index contributed by atoms with van der Waals surface area (Å²) >= 11 is 4.96. The first-order valence-electron chi connectivity index (χ1n) is 10.4. The van der Waals surface area contributed by atoms with Crippen molar-refractivity contribution in [1.82, 2.24) is 10.6 Å². The van der Waals surface area contributed by atoms with Crippen molar-refractivity contribution in [2.45, 2.75) is 24.6 Å². The highest BCUT2D eigenvalue weighted by atomic mass is 32.1. The number of aliphatic hydroxyl groups is 1. The summed E-state index contributed by atoms with van der Waals surface area (Å²) in [7, 11) is 0. The number of hydrogen-bond acceptors (Lipinski definition) is 4. The van der Waals surface area contributed by atoms with Gasteiger partial charge in [-0.3, -0.25) is 4.79 Å². The van der Waals surface area contributed by atoms with Crippen molar-refractivity contribution in [2.75, 3.05) is 0 Å². The van der Waals surface area contributed by atoms with Crippen molar-refractivity contribution in [1.29, 1.82) is 0 Å². The first-order chi connectivity index (χ1) is 16.2. The molecule has 0 spiro atoms. The number of halogens is 3. The SMILES string of the molecule is O=C(c1ccccc1)[C@@H]1[C@H](c2ccc(OCc3ccccc3)cc2)NC(=S)N[C@@]1(O)C(F)(F)F. The number of benzene rings is 3. The Hall–Kier alpha value is -3.43. The minimum absolute atomic E-state index is 0.0411. The Morgan fingerprint density at radius 2 is 1.56 bits per heavy atom. The van der Waals surface area contributed by atoms with Crippen molar-refractivity contribution in [3.05, 3.63) is 102 Å². The number of carbonyl (C=O) groups is 1.